The Morgan fingerprint density at radius 3 is 2.46 bits per heavy atom. The molecular weight excluding hydrogens is 464 g/mol. The van der Waals surface area contributed by atoms with E-state index in [0.29, 0.717) is 24.2 Å². The molecule has 0 aliphatic heterocycles. The number of likely N-dealkylation sites (N-methyl/N-ethyl adjacent to an activating group) is 1. The molecule has 8 heteroatoms. The number of carbonyl (C=O) groups is 2. The summed E-state index contributed by atoms with van der Waals surface area (Å²) in [5.74, 6) is -0.206. The molecule has 8 nitrogen and oxygen atoms in total. The van der Waals surface area contributed by atoms with Gasteiger partial charge in [0.2, 0.25) is 5.91 Å². The first-order valence-corrected chi connectivity index (χ1v) is 12.1. The van der Waals surface area contributed by atoms with Gasteiger partial charge in [-0.15, -0.1) is 0 Å². The van der Waals surface area contributed by atoms with Crippen molar-refractivity contribution in [3.05, 3.63) is 107 Å². The molecule has 186 valence electrons. The van der Waals surface area contributed by atoms with Crippen LogP contribution >= 0.6 is 0 Å². The second-order valence-corrected chi connectivity index (χ2v) is 9.03. The van der Waals surface area contributed by atoms with Gasteiger partial charge in [0.25, 0.3) is 5.91 Å². The molecule has 0 spiro atoms. The van der Waals surface area contributed by atoms with Gasteiger partial charge in [-0.05, 0) is 55.3 Å². The summed E-state index contributed by atoms with van der Waals surface area (Å²) in [6, 6.07) is 21.4. The summed E-state index contributed by atoms with van der Waals surface area (Å²) in [5.41, 5.74) is 8.09. The number of carbonyl (C=O) groups excluding carboxylic acids is 2. The summed E-state index contributed by atoms with van der Waals surface area (Å²) >= 11 is 0. The molecular formula is C29H28N6O2. The Balaban J connectivity index is 1.30. The maximum absolute atomic E-state index is 12.8. The molecule has 5 aromatic rings. The number of pyridine rings is 1. The van der Waals surface area contributed by atoms with Gasteiger partial charge >= 0.3 is 0 Å². The van der Waals surface area contributed by atoms with Crippen LogP contribution in [0.15, 0.2) is 79.1 Å². The summed E-state index contributed by atoms with van der Waals surface area (Å²) in [4.78, 5) is 28.9. The van der Waals surface area contributed by atoms with Crippen LogP contribution in [0.5, 0.6) is 0 Å². The van der Waals surface area contributed by atoms with Gasteiger partial charge in [-0.3, -0.25) is 14.0 Å². The van der Waals surface area contributed by atoms with Crippen LogP contribution < -0.4 is 10.6 Å². The molecule has 0 saturated heterocycles. The van der Waals surface area contributed by atoms with E-state index >= 15 is 0 Å². The second kappa shape index (κ2) is 10.1. The number of nitrogens with one attached hydrogen (secondary N) is 2. The topological polar surface area (TPSA) is 93.3 Å². The third kappa shape index (κ3) is 5.13. The van der Waals surface area contributed by atoms with E-state index < -0.39 is 0 Å². The van der Waals surface area contributed by atoms with Crippen molar-refractivity contribution in [3.8, 4) is 16.9 Å². The molecule has 0 saturated carbocycles. The van der Waals surface area contributed by atoms with Crippen molar-refractivity contribution >= 4 is 17.5 Å². The van der Waals surface area contributed by atoms with E-state index in [0.717, 1.165) is 39.5 Å². The minimum atomic E-state index is -0.173. The Bertz CT molecular complexity index is 1600. The lowest BCUT2D eigenvalue weighted by atomic mass is 10.1. The zero-order valence-corrected chi connectivity index (χ0v) is 21.0. The smallest absolute Gasteiger partial charge is 0.251 e. The van der Waals surface area contributed by atoms with E-state index in [4.69, 9.17) is 0 Å². The van der Waals surface area contributed by atoms with Gasteiger partial charge in [-0.1, -0.05) is 36.4 Å². The van der Waals surface area contributed by atoms with Crippen LogP contribution in [0, 0.1) is 13.8 Å². The van der Waals surface area contributed by atoms with Crippen molar-refractivity contribution in [1.29, 1.82) is 0 Å². The lowest BCUT2D eigenvalue weighted by Gasteiger charge is -2.09. The fraction of sp³-hybridized carbons (Fsp3) is 0.172. The molecule has 3 heterocycles. The fourth-order valence-electron chi connectivity index (χ4n) is 4.36. The first-order chi connectivity index (χ1) is 17.9. The first-order valence-electron chi connectivity index (χ1n) is 12.1. The Morgan fingerprint density at radius 2 is 1.73 bits per heavy atom. The summed E-state index contributed by atoms with van der Waals surface area (Å²) in [7, 11) is 1.62. The predicted molar refractivity (Wildman–Crippen MR) is 143 cm³/mol. The number of imidazole rings is 1. The Kier molecular flexibility index (Phi) is 6.55. The normalized spacial score (nSPS) is 11.0. The second-order valence-electron chi connectivity index (χ2n) is 9.03. The van der Waals surface area contributed by atoms with Crippen molar-refractivity contribution in [2.45, 2.75) is 26.8 Å². The van der Waals surface area contributed by atoms with Crippen molar-refractivity contribution in [2.24, 2.45) is 0 Å². The molecule has 0 bridgehead atoms. The molecule has 5 rings (SSSR count). The van der Waals surface area contributed by atoms with Gasteiger partial charge in [-0.2, -0.15) is 5.10 Å². The average molecular weight is 493 g/mol. The molecule has 0 aliphatic carbocycles. The SMILES string of the molecule is CNC(=O)Cc1ccc(CNC(=O)c2ccn3c(-c4cccc(-n5nc(C)cc5C)c4)cnc3c2)cc1. The van der Waals surface area contributed by atoms with Crippen LogP contribution in [-0.2, 0) is 17.8 Å². The third-order valence-corrected chi connectivity index (χ3v) is 6.29. The van der Waals surface area contributed by atoms with Crippen LogP contribution in [0.2, 0.25) is 0 Å². The standard InChI is InChI=1S/C29H28N6O2/c1-19-13-20(2)35(33-19)25-6-4-5-23(15-25)26-18-31-27-16-24(11-12-34(26)27)29(37)32-17-22-9-7-21(8-10-22)14-28(36)30-3/h4-13,15-16,18H,14,17H2,1-3H3,(H,30,36)(H,32,37). The summed E-state index contributed by atoms with van der Waals surface area (Å²) in [6.07, 6.45) is 4.02. The van der Waals surface area contributed by atoms with Crippen LogP contribution in [0.1, 0.15) is 32.9 Å². The van der Waals surface area contributed by atoms with Crippen molar-refractivity contribution in [1.82, 2.24) is 29.8 Å². The minimum absolute atomic E-state index is 0.0330. The zero-order valence-electron chi connectivity index (χ0n) is 21.0. The van der Waals surface area contributed by atoms with Gasteiger partial charge in [0, 0.05) is 36.6 Å². The lowest BCUT2D eigenvalue weighted by Crippen LogP contribution is -2.23. The quantitative estimate of drug-likeness (QED) is 0.359. The van der Waals surface area contributed by atoms with Crippen molar-refractivity contribution < 1.29 is 9.59 Å². The van der Waals surface area contributed by atoms with Crippen molar-refractivity contribution in [2.75, 3.05) is 7.05 Å². The minimum Gasteiger partial charge on any atom is -0.359 e. The maximum Gasteiger partial charge on any atom is 0.251 e. The zero-order chi connectivity index (χ0) is 25.9. The van der Waals surface area contributed by atoms with E-state index in [-0.39, 0.29) is 11.8 Å². The Labute approximate surface area is 215 Å². The Hall–Kier alpha value is -4.72. The molecule has 37 heavy (non-hydrogen) atoms. The molecule has 2 amide bonds. The summed E-state index contributed by atoms with van der Waals surface area (Å²) < 4.78 is 3.90. The van der Waals surface area contributed by atoms with E-state index in [2.05, 4.69) is 32.8 Å². The molecule has 0 unspecified atom stereocenters. The average Bonchev–Trinajstić information content (AvgIpc) is 3.49. The monoisotopic (exact) mass is 492 g/mol. The predicted octanol–water partition coefficient (Wildman–Crippen LogP) is 4.02. The highest BCUT2D eigenvalue weighted by atomic mass is 16.2. The lowest BCUT2D eigenvalue weighted by molar-refractivity contribution is -0.119. The molecule has 0 radical (unpaired) electrons. The van der Waals surface area contributed by atoms with Gasteiger partial charge < -0.3 is 10.6 Å². The fourth-order valence-corrected chi connectivity index (χ4v) is 4.36. The number of hydrogen-bond acceptors (Lipinski definition) is 4. The number of hydrogen-bond donors (Lipinski definition) is 2. The number of amides is 2. The van der Waals surface area contributed by atoms with E-state index in [9.17, 15) is 9.59 Å². The first kappa shape index (κ1) is 24.0. The van der Waals surface area contributed by atoms with Crippen molar-refractivity contribution in [3.63, 3.8) is 0 Å². The maximum atomic E-state index is 12.8. The number of aryl methyl sites for hydroxylation is 2. The molecule has 0 atom stereocenters. The van der Waals surface area contributed by atoms with Crippen LogP contribution in [0.4, 0.5) is 0 Å². The van der Waals surface area contributed by atoms with Crippen LogP contribution in [-0.4, -0.2) is 38.0 Å². The van der Waals surface area contributed by atoms with Gasteiger partial charge in [-0.25, -0.2) is 9.67 Å². The molecule has 0 fully saturated rings. The van der Waals surface area contributed by atoms with E-state index in [1.165, 1.54) is 0 Å². The molecule has 2 aromatic carbocycles. The number of fused-ring (bicyclic) bond motifs is 1. The number of benzene rings is 2. The summed E-state index contributed by atoms with van der Waals surface area (Å²) in [6.45, 7) is 4.41. The number of nitrogens with zero attached hydrogens (tertiary/aromatic N) is 4. The highest BCUT2D eigenvalue weighted by Crippen LogP contribution is 2.24. The Morgan fingerprint density at radius 1 is 0.946 bits per heavy atom. The number of rotatable bonds is 7. The van der Waals surface area contributed by atoms with Gasteiger partial charge in [0.15, 0.2) is 0 Å². The van der Waals surface area contributed by atoms with E-state index in [1.54, 1.807) is 19.2 Å². The van der Waals surface area contributed by atoms with E-state index in [1.807, 2.05) is 77.8 Å². The molecule has 0 aliphatic rings. The highest BCUT2D eigenvalue weighted by Gasteiger charge is 2.12. The van der Waals surface area contributed by atoms with Gasteiger partial charge in [0.1, 0.15) is 5.65 Å². The van der Waals surface area contributed by atoms with Gasteiger partial charge in [0.05, 0.1) is 29.7 Å². The largest absolute Gasteiger partial charge is 0.359 e. The van der Waals surface area contributed by atoms with Crippen LogP contribution in [0.25, 0.3) is 22.6 Å². The number of aromatic nitrogens is 4. The molecule has 3 aromatic heterocycles. The summed E-state index contributed by atoms with van der Waals surface area (Å²) in [5, 5.41) is 10.2. The molecule has 2 N–H and O–H groups in total. The third-order valence-electron chi connectivity index (χ3n) is 6.29. The van der Waals surface area contributed by atoms with Crippen LogP contribution in [0.3, 0.4) is 0 Å². The highest BCUT2D eigenvalue weighted by molar-refractivity contribution is 5.95.